The minimum atomic E-state index is -4.54. The van der Waals surface area contributed by atoms with Crippen molar-refractivity contribution in [3.05, 3.63) is 85.1 Å². The van der Waals surface area contributed by atoms with Crippen LogP contribution >= 0.6 is 7.82 Å². The third-order valence-corrected chi connectivity index (χ3v) is 11.6. The molecular formula is C55H98NO7P. The maximum Gasteiger partial charge on any atom is 0.306 e. The molecule has 8 nitrogen and oxygen atoms in total. The van der Waals surface area contributed by atoms with E-state index in [4.69, 9.17) is 18.5 Å². The molecule has 64 heavy (non-hydrogen) atoms. The predicted octanol–water partition coefficient (Wildman–Crippen LogP) is 15.4. The Morgan fingerprint density at radius 3 is 1.36 bits per heavy atom. The molecule has 0 spiro atoms. The monoisotopic (exact) mass is 916 g/mol. The Morgan fingerprint density at radius 2 is 0.906 bits per heavy atom. The van der Waals surface area contributed by atoms with E-state index < -0.39 is 13.9 Å². The number of carbonyl (C=O) groups is 1. The highest BCUT2D eigenvalue weighted by Gasteiger charge is 2.20. The number of esters is 1. The molecule has 0 aromatic heterocycles. The number of quaternary nitrogens is 1. The molecule has 370 valence electrons. The molecule has 0 aliphatic heterocycles. The third-order valence-electron chi connectivity index (χ3n) is 10.7. The van der Waals surface area contributed by atoms with Crippen LogP contribution in [0.4, 0.5) is 0 Å². The van der Waals surface area contributed by atoms with Crippen LogP contribution in [-0.4, -0.2) is 70.7 Å². The van der Waals surface area contributed by atoms with Crippen LogP contribution in [0.3, 0.4) is 0 Å². The van der Waals surface area contributed by atoms with E-state index >= 15 is 0 Å². The maximum atomic E-state index is 12.7. The van der Waals surface area contributed by atoms with Crippen molar-refractivity contribution in [1.29, 1.82) is 0 Å². The number of carbonyl (C=O) groups excluding carboxylic acids is 1. The molecule has 0 saturated heterocycles. The lowest BCUT2D eigenvalue weighted by molar-refractivity contribution is -0.870. The predicted molar refractivity (Wildman–Crippen MR) is 272 cm³/mol. The molecule has 9 heteroatoms. The number of likely N-dealkylation sites (N-methyl/N-ethyl adjacent to an activating group) is 1. The summed E-state index contributed by atoms with van der Waals surface area (Å²) in [4.78, 5) is 25.2. The molecule has 0 aliphatic carbocycles. The summed E-state index contributed by atoms with van der Waals surface area (Å²) in [5.41, 5.74) is 0. The molecule has 2 unspecified atom stereocenters. The summed E-state index contributed by atoms with van der Waals surface area (Å²) in [5, 5.41) is 0. The van der Waals surface area contributed by atoms with Crippen LogP contribution in [0.5, 0.6) is 0 Å². The van der Waals surface area contributed by atoms with Gasteiger partial charge in [0.2, 0.25) is 0 Å². The topological polar surface area (TPSA) is 94.1 Å². The maximum absolute atomic E-state index is 12.7. The third kappa shape index (κ3) is 50.7. The summed E-state index contributed by atoms with van der Waals surface area (Å²) in [6, 6.07) is 0. The van der Waals surface area contributed by atoms with E-state index in [1.165, 1.54) is 96.3 Å². The van der Waals surface area contributed by atoms with Crippen LogP contribution in [-0.2, 0) is 27.9 Å². The first-order valence-electron chi connectivity index (χ1n) is 25.8. The van der Waals surface area contributed by atoms with Gasteiger partial charge in [0, 0.05) is 13.0 Å². The van der Waals surface area contributed by atoms with Gasteiger partial charge >= 0.3 is 5.97 Å². The van der Waals surface area contributed by atoms with Crippen molar-refractivity contribution in [2.75, 3.05) is 54.1 Å². The second-order valence-corrected chi connectivity index (χ2v) is 19.6. The summed E-state index contributed by atoms with van der Waals surface area (Å²) in [6.07, 6.45) is 63.2. The van der Waals surface area contributed by atoms with Gasteiger partial charge in [0.05, 0.1) is 34.4 Å². The zero-order valence-corrected chi connectivity index (χ0v) is 42.8. The van der Waals surface area contributed by atoms with E-state index in [9.17, 15) is 14.3 Å². The lowest BCUT2D eigenvalue weighted by atomic mass is 10.1. The number of phosphoric ester groups is 1. The second kappa shape index (κ2) is 47.2. The molecule has 0 fully saturated rings. The van der Waals surface area contributed by atoms with Crippen molar-refractivity contribution in [3.8, 4) is 0 Å². The molecule has 0 heterocycles. The molecule has 0 bridgehead atoms. The van der Waals surface area contributed by atoms with Crippen molar-refractivity contribution < 1.29 is 37.3 Å². The second-order valence-electron chi connectivity index (χ2n) is 18.1. The van der Waals surface area contributed by atoms with Crippen LogP contribution in [0, 0.1) is 0 Å². The fourth-order valence-electron chi connectivity index (χ4n) is 6.72. The molecule has 0 rings (SSSR count). The number of hydrogen-bond donors (Lipinski definition) is 0. The van der Waals surface area contributed by atoms with E-state index in [1.807, 2.05) is 21.1 Å². The lowest BCUT2D eigenvalue weighted by Crippen LogP contribution is -2.37. The number of rotatable bonds is 47. The minimum absolute atomic E-state index is 0.0184. The van der Waals surface area contributed by atoms with Gasteiger partial charge in [-0.05, 0) is 89.9 Å². The molecule has 0 aliphatic rings. The van der Waals surface area contributed by atoms with Crippen LogP contribution in [0.25, 0.3) is 0 Å². The summed E-state index contributed by atoms with van der Waals surface area (Å²) < 4.78 is 34.7. The van der Waals surface area contributed by atoms with Crippen molar-refractivity contribution in [2.45, 2.75) is 206 Å². The molecule has 0 N–H and O–H groups in total. The Bertz CT molecular complexity index is 1300. The van der Waals surface area contributed by atoms with Gasteiger partial charge in [-0.15, -0.1) is 0 Å². The smallest absolute Gasteiger partial charge is 0.306 e. The number of nitrogens with zero attached hydrogens (tertiary/aromatic N) is 1. The Morgan fingerprint density at radius 1 is 0.500 bits per heavy atom. The van der Waals surface area contributed by atoms with Gasteiger partial charge < -0.3 is 27.9 Å². The minimum Gasteiger partial charge on any atom is -0.756 e. The van der Waals surface area contributed by atoms with E-state index in [1.54, 1.807) is 0 Å². The van der Waals surface area contributed by atoms with Crippen LogP contribution in [0.1, 0.15) is 200 Å². The highest BCUT2D eigenvalue weighted by atomic mass is 31.2. The zero-order valence-electron chi connectivity index (χ0n) is 42.0. The quantitative estimate of drug-likeness (QED) is 0.0197. The highest BCUT2D eigenvalue weighted by Crippen LogP contribution is 2.38. The number of ether oxygens (including phenoxy) is 2. The van der Waals surface area contributed by atoms with Gasteiger partial charge in [0.25, 0.3) is 7.82 Å². The first-order valence-corrected chi connectivity index (χ1v) is 27.3. The van der Waals surface area contributed by atoms with E-state index in [0.29, 0.717) is 24.1 Å². The van der Waals surface area contributed by atoms with Crippen molar-refractivity contribution in [2.24, 2.45) is 0 Å². The zero-order chi connectivity index (χ0) is 46.9. The Kier molecular flexibility index (Phi) is 45.5. The first-order chi connectivity index (χ1) is 31.1. The van der Waals surface area contributed by atoms with Gasteiger partial charge in [-0.1, -0.05) is 189 Å². The Hall–Kier alpha value is -2.32. The van der Waals surface area contributed by atoms with Crippen molar-refractivity contribution in [1.82, 2.24) is 0 Å². The standard InChI is InChI=1S/C55H98NO7P/c1-6-8-10-12-14-16-18-20-22-24-26-27-28-29-30-31-33-35-37-39-41-43-45-47-50-60-52-54(53-62-64(58,59)61-51-49-56(3,4)5)63-55(57)48-46-44-42-40-38-36-34-32-25-23-21-19-17-15-13-11-9-7-2/h8,10,14,16-17,19-20,22-23,25-27,29-30,54H,6-7,9,11-13,15,18,21,24,28,31-53H2,1-5H3/b10-8-,16-14-,19-17-,22-20-,25-23-,27-26-,30-29-. The van der Waals surface area contributed by atoms with Gasteiger partial charge in [-0.2, -0.15) is 0 Å². The molecular weight excluding hydrogens is 818 g/mol. The summed E-state index contributed by atoms with van der Waals surface area (Å²) in [5.74, 6) is -0.347. The van der Waals surface area contributed by atoms with Crippen LogP contribution < -0.4 is 4.89 Å². The van der Waals surface area contributed by atoms with Gasteiger partial charge in [-0.25, -0.2) is 0 Å². The Balaban J connectivity index is 4.19. The van der Waals surface area contributed by atoms with Crippen molar-refractivity contribution in [3.63, 3.8) is 0 Å². The molecule has 2 atom stereocenters. The first kappa shape index (κ1) is 61.7. The van der Waals surface area contributed by atoms with E-state index in [2.05, 4.69) is 98.9 Å². The molecule has 0 radical (unpaired) electrons. The number of allylic oxidation sites excluding steroid dienone is 14. The average Bonchev–Trinajstić information content (AvgIpc) is 3.25. The Labute approximate surface area is 395 Å². The van der Waals surface area contributed by atoms with Crippen LogP contribution in [0.2, 0.25) is 0 Å². The number of phosphoric acid groups is 1. The average molecular weight is 916 g/mol. The van der Waals surface area contributed by atoms with Gasteiger partial charge in [0.1, 0.15) is 19.3 Å². The summed E-state index contributed by atoms with van der Waals surface area (Å²) >= 11 is 0. The fraction of sp³-hybridized carbons (Fsp3) is 0.727. The normalized spacial score (nSPS) is 14.3. The van der Waals surface area contributed by atoms with E-state index in [0.717, 1.165) is 83.5 Å². The molecule has 0 amide bonds. The van der Waals surface area contributed by atoms with Crippen LogP contribution in [0.15, 0.2) is 85.1 Å². The SMILES string of the molecule is CC/C=C\C/C=C\C/C=C\C/C=C\C/C=C\CCCCCCCCCCOCC(COP(=O)([O-])OCC[N+](C)(C)C)OC(=O)CCCCCCCCC/C=C\C/C=C\CCCCCC. The molecule has 0 saturated carbocycles. The van der Waals surface area contributed by atoms with E-state index in [-0.39, 0.29) is 25.8 Å². The number of hydrogen-bond acceptors (Lipinski definition) is 7. The van der Waals surface area contributed by atoms with Gasteiger partial charge in [-0.3, -0.25) is 9.36 Å². The van der Waals surface area contributed by atoms with Gasteiger partial charge in [0.15, 0.2) is 0 Å². The summed E-state index contributed by atoms with van der Waals surface area (Å²) in [6.45, 7) is 5.25. The number of unbranched alkanes of at least 4 members (excludes halogenated alkanes) is 19. The van der Waals surface area contributed by atoms with Crippen molar-refractivity contribution >= 4 is 13.8 Å². The molecule has 0 aromatic carbocycles. The molecule has 0 aromatic rings. The lowest BCUT2D eigenvalue weighted by Gasteiger charge is -2.28. The summed E-state index contributed by atoms with van der Waals surface area (Å²) in [7, 11) is 1.33. The largest absolute Gasteiger partial charge is 0.756 e. The highest BCUT2D eigenvalue weighted by molar-refractivity contribution is 7.45. The fourth-order valence-corrected chi connectivity index (χ4v) is 7.45.